The molecule has 1 heterocycles. The van der Waals surface area contributed by atoms with Crippen LogP contribution in [0.4, 0.5) is 24.5 Å². The Morgan fingerprint density at radius 1 is 0.878 bits per heavy atom. The Balaban J connectivity index is 1.53. The van der Waals surface area contributed by atoms with Gasteiger partial charge in [0.15, 0.2) is 0 Å². The van der Waals surface area contributed by atoms with E-state index in [0.29, 0.717) is 32.4 Å². The van der Waals surface area contributed by atoms with Crippen molar-refractivity contribution in [3.05, 3.63) is 76.8 Å². The second kappa shape index (κ2) is 11.8. The predicted octanol–water partition coefficient (Wildman–Crippen LogP) is 4.44. The summed E-state index contributed by atoms with van der Waals surface area (Å²) in [5, 5.41) is -0.591. The number of morpholine rings is 1. The summed E-state index contributed by atoms with van der Waals surface area (Å²) in [6.45, 7) is 1.37. The van der Waals surface area contributed by atoms with E-state index in [2.05, 4.69) is 4.72 Å². The second-order valence-electron chi connectivity index (χ2n) is 8.69. The van der Waals surface area contributed by atoms with Crippen LogP contribution in [0.25, 0.3) is 0 Å². The number of nitrogens with zero attached hydrogens (tertiary/aromatic N) is 1. The fourth-order valence-electron chi connectivity index (χ4n) is 3.89. The van der Waals surface area contributed by atoms with Gasteiger partial charge in [0.25, 0.3) is 26.0 Å². The molecule has 0 bridgehead atoms. The number of hydrogen-bond donors (Lipinski definition) is 2. The number of hydrogen-bond acceptors (Lipinski definition) is 7. The van der Waals surface area contributed by atoms with Crippen LogP contribution in [0.3, 0.4) is 0 Å². The largest absolute Gasteiger partial charge is 0.496 e. The number of sulfonamides is 2. The zero-order valence-electron chi connectivity index (χ0n) is 21.2. The molecule has 0 atom stereocenters. The van der Waals surface area contributed by atoms with Gasteiger partial charge < -0.3 is 14.4 Å². The van der Waals surface area contributed by atoms with Crippen molar-refractivity contribution in [2.75, 3.05) is 42.9 Å². The van der Waals surface area contributed by atoms with Crippen LogP contribution >= 0.6 is 11.6 Å². The molecule has 2 N–H and O–H groups in total. The molecule has 1 fully saturated rings. The van der Waals surface area contributed by atoms with E-state index in [4.69, 9.17) is 21.1 Å². The van der Waals surface area contributed by atoms with Crippen LogP contribution in [-0.4, -0.2) is 61.1 Å². The van der Waals surface area contributed by atoms with Crippen molar-refractivity contribution in [2.24, 2.45) is 0 Å². The first-order valence-electron chi connectivity index (χ1n) is 11.8. The van der Waals surface area contributed by atoms with Crippen LogP contribution in [0.15, 0.2) is 70.5 Å². The minimum absolute atomic E-state index is 0.00771. The third kappa shape index (κ3) is 7.04. The SMILES string of the molecule is COc1ccc(S(=O)(=O)Nc2ccc(S(=O)(=O)Nc3ccc(Cl)c(C(F)(F)F)c3)cc2)cc1C(=O)N1CCOCC1. The van der Waals surface area contributed by atoms with E-state index in [1.165, 1.54) is 42.3 Å². The van der Waals surface area contributed by atoms with Gasteiger partial charge in [-0.1, -0.05) is 11.6 Å². The van der Waals surface area contributed by atoms with Crippen LogP contribution < -0.4 is 14.2 Å². The van der Waals surface area contributed by atoms with Crippen molar-refractivity contribution in [2.45, 2.75) is 16.0 Å². The topological polar surface area (TPSA) is 131 Å². The molecule has 0 unspecified atom stereocenters. The van der Waals surface area contributed by atoms with Gasteiger partial charge in [-0.2, -0.15) is 13.2 Å². The van der Waals surface area contributed by atoms with Gasteiger partial charge in [0.2, 0.25) is 0 Å². The van der Waals surface area contributed by atoms with Gasteiger partial charge in [0, 0.05) is 24.5 Å². The summed E-state index contributed by atoms with van der Waals surface area (Å²) >= 11 is 5.58. The highest BCUT2D eigenvalue weighted by Gasteiger charge is 2.34. The zero-order valence-corrected chi connectivity index (χ0v) is 23.6. The number of halogens is 4. The highest BCUT2D eigenvalue weighted by Crippen LogP contribution is 2.36. The molecule has 16 heteroatoms. The normalized spacial score (nSPS) is 14.4. The van der Waals surface area contributed by atoms with Crippen molar-refractivity contribution in [3.8, 4) is 5.75 Å². The van der Waals surface area contributed by atoms with Crippen LogP contribution in [0, 0.1) is 0 Å². The Kier molecular flexibility index (Phi) is 8.73. The first-order chi connectivity index (χ1) is 19.2. The summed E-state index contributed by atoms with van der Waals surface area (Å²) in [6.07, 6.45) is -4.79. The molecule has 220 valence electrons. The van der Waals surface area contributed by atoms with E-state index >= 15 is 0 Å². The lowest BCUT2D eigenvalue weighted by molar-refractivity contribution is -0.137. The maximum absolute atomic E-state index is 13.1. The van der Waals surface area contributed by atoms with Gasteiger partial charge in [-0.3, -0.25) is 14.2 Å². The summed E-state index contributed by atoms with van der Waals surface area (Å²) in [5.41, 5.74) is -1.54. The number of carbonyl (C=O) groups is 1. The Labute approximate surface area is 239 Å². The molecule has 1 aliphatic rings. The molecule has 3 aromatic carbocycles. The summed E-state index contributed by atoms with van der Waals surface area (Å²) < 4.78 is 106. The lowest BCUT2D eigenvalue weighted by atomic mass is 10.1. The third-order valence-electron chi connectivity index (χ3n) is 5.95. The molecular weight excluding hydrogens is 611 g/mol. The number of ether oxygens (including phenoxy) is 2. The summed E-state index contributed by atoms with van der Waals surface area (Å²) in [4.78, 5) is 14.0. The molecule has 1 amide bonds. The predicted molar refractivity (Wildman–Crippen MR) is 144 cm³/mol. The van der Waals surface area contributed by atoms with Gasteiger partial charge in [0.1, 0.15) is 5.75 Å². The number of anilines is 2. The molecule has 41 heavy (non-hydrogen) atoms. The minimum atomic E-state index is -4.79. The van der Waals surface area contributed by atoms with E-state index in [0.717, 1.165) is 24.3 Å². The standard InChI is InChI=1S/C25H23ClF3N3O7S2/c1-38-23-9-7-19(15-20(23)24(33)32-10-12-39-13-11-32)41(36,37)30-16-2-5-18(6-3-16)40(34,35)31-17-4-8-22(26)21(14-17)25(27,28)29/h2-9,14-15,30-31H,10-13H2,1H3. The van der Waals surface area contributed by atoms with Crippen molar-refractivity contribution in [1.82, 2.24) is 4.90 Å². The molecule has 0 radical (unpaired) electrons. The van der Waals surface area contributed by atoms with E-state index in [-0.39, 0.29) is 32.5 Å². The number of alkyl halides is 3. The van der Waals surface area contributed by atoms with Crippen LogP contribution in [-0.2, 0) is 31.0 Å². The van der Waals surface area contributed by atoms with E-state index in [1.807, 2.05) is 4.72 Å². The molecule has 1 aliphatic heterocycles. The lowest BCUT2D eigenvalue weighted by Gasteiger charge is -2.27. The number of amides is 1. The molecule has 1 saturated heterocycles. The highest BCUT2D eigenvalue weighted by atomic mass is 35.5. The van der Waals surface area contributed by atoms with Crippen LogP contribution in [0.1, 0.15) is 15.9 Å². The monoisotopic (exact) mass is 633 g/mol. The fraction of sp³-hybridized carbons (Fsp3) is 0.240. The van der Waals surface area contributed by atoms with Crippen LogP contribution in [0.5, 0.6) is 5.75 Å². The Morgan fingerprint density at radius 3 is 2.05 bits per heavy atom. The zero-order chi connectivity index (χ0) is 30.0. The van der Waals surface area contributed by atoms with Gasteiger partial charge in [-0.25, -0.2) is 16.8 Å². The molecule has 10 nitrogen and oxygen atoms in total. The average molecular weight is 634 g/mol. The average Bonchev–Trinajstić information content (AvgIpc) is 2.93. The number of carbonyl (C=O) groups excluding carboxylic acids is 1. The number of nitrogens with one attached hydrogen (secondary N) is 2. The molecule has 0 saturated carbocycles. The fourth-order valence-corrected chi connectivity index (χ4v) is 6.25. The van der Waals surface area contributed by atoms with Crippen molar-refractivity contribution in [3.63, 3.8) is 0 Å². The molecular formula is C25H23ClF3N3O7S2. The third-order valence-corrected chi connectivity index (χ3v) is 9.06. The molecule has 0 aromatic heterocycles. The van der Waals surface area contributed by atoms with Crippen molar-refractivity contribution >= 4 is 48.9 Å². The summed E-state index contributed by atoms with van der Waals surface area (Å²) in [5.74, 6) is -0.238. The van der Waals surface area contributed by atoms with Gasteiger partial charge in [-0.05, 0) is 60.7 Å². The summed E-state index contributed by atoms with van der Waals surface area (Å²) in [7, 11) is -7.22. The Hall–Kier alpha value is -3.53. The summed E-state index contributed by atoms with van der Waals surface area (Å²) in [6, 6.07) is 10.8. The molecule has 4 rings (SSSR count). The van der Waals surface area contributed by atoms with E-state index in [9.17, 15) is 34.8 Å². The van der Waals surface area contributed by atoms with Crippen molar-refractivity contribution < 1.29 is 44.3 Å². The second-order valence-corrected chi connectivity index (χ2v) is 12.5. The van der Waals surface area contributed by atoms with Gasteiger partial charge in [0.05, 0.1) is 46.3 Å². The highest BCUT2D eigenvalue weighted by molar-refractivity contribution is 7.93. The van der Waals surface area contributed by atoms with Gasteiger partial charge >= 0.3 is 6.18 Å². The van der Waals surface area contributed by atoms with Crippen molar-refractivity contribution in [1.29, 1.82) is 0 Å². The van der Waals surface area contributed by atoms with Gasteiger partial charge in [-0.15, -0.1) is 0 Å². The molecule has 3 aromatic rings. The minimum Gasteiger partial charge on any atom is -0.496 e. The first kappa shape index (κ1) is 30.4. The molecule has 0 spiro atoms. The number of methoxy groups -OCH3 is 1. The quantitative estimate of drug-likeness (QED) is 0.375. The maximum Gasteiger partial charge on any atom is 0.417 e. The lowest BCUT2D eigenvalue weighted by Crippen LogP contribution is -2.40. The van der Waals surface area contributed by atoms with E-state index in [1.54, 1.807) is 0 Å². The Morgan fingerprint density at radius 2 is 1.44 bits per heavy atom. The number of rotatable bonds is 8. The molecule has 0 aliphatic carbocycles. The number of benzene rings is 3. The smallest absolute Gasteiger partial charge is 0.417 e. The Bertz CT molecular complexity index is 1660. The maximum atomic E-state index is 13.1. The van der Waals surface area contributed by atoms with Crippen LogP contribution in [0.2, 0.25) is 5.02 Å². The first-order valence-corrected chi connectivity index (χ1v) is 15.1. The van der Waals surface area contributed by atoms with E-state index < -0.39 is 42.7 Å².